The number of esters is 2. The van der Waals surface area contributed by atoms with E-state index in [9.17, 15) is 9.59 Å². The molecule has 0 aromatic heterocycles. The van der Waals surface area contributed by atoms with Crippen molar-refractivity contribution in [2.45, 2.75) is 181 Å². The van der Waals surface area contributed by atoms with Gasteiger partial charge in [0.05, 0.1) is 24.3 Å². The first-order chi connectivity index (χ1) is 22.4. The number of hydrogen-bond acceptors (Lipinski definition) is 4. The predicted octanol–water partition coefficient (Wildman–Crippen LogP) is 15.2. The fraction of sp³-hybridized carbons (Fsp3) is 0.789. The molecule has 0 unspecified atom stereocenters. The Bertz CT molecular complexity index is 878. The zero-order valence-electron chi connectivity index (χ0n) is 28.9. The third-order valence-corrected chi connectivity index (χ3v) is 13.4. The van der Waals surface area contributed by atoms with Gasteiger partial charge in [-0.1, -0.05) is 168 Å². The van der Waals surface area contributed by atoms with E-state index >= 15 is 0 Å². The number of halogens is 4. The van der Waals surface area contributed by atoms with Crippen molar-refractivity contribution in [3.63, 3.8) is 0 Å². The Kier molecular flexibility index (Phi) is 28.7. The number of rotatable bonds is 30. The van der Waals surface area contributed by atoms with Crippen molar-refractivity contribution >= 4 is 75.7 Å². The van der Waals surface area contributed by atoms with Gasteiger partial charge in [0.25, 0.3) is 0 Å². The largest absolute Gasteiger partial charge is 0.462 e. The molecule has 0 amide bonds. The van der Waals surface area contributed by atoms with Crippen LogP contribution in [0.2, 0.25) is 0 Å². The van der Waals surface area contributed by atoms with E-state index in [0.717, 1.165) is 38.5 Å². The van der Waals surface area contributed by atoms with Crippen LogP contribution in [-0.4, -0.2) is 25.2 Å². The molecule has 0 spiro atoms. The number of carbonyl (C=O) groups is 2. The molecular formula is C38H62Br4O4. The molecule has 0 saturated carbocycles. The molecule has 1 aromatic carbocycles. The van der Waals surface area contributed by atoms with Gasteiger partial charge in [0.2, 0.25) is 0 Å². The van der Waals surface area contributed by atoms with Gasteiger partial charge in [-0.05, 0) is 76.6 Å². The Morgan fingerprint density at radius 1 is 0.370 bits per heavy atom. The lowest BCUT2D eigenvalue weighted by Gasteiger charge is -2.16. The summed E-state index contributed by atoms with van der Waals surface area (Å²) >= 11 is 14.0. The summed E-state index contributed by atoms with van der Waals surface area (Å²) in [6.07, 6.45) is 32.8. The molecule has 0 aliphatic rings. The van der Waals surface area contributed by atoms with Gasteiger partial charge in [-0.3, -0.25) is 0 Å². The van der Waals surface area contributed by atoms with Crippen LogP contribution in [0.4, 0.5) is 0 Å². The molecule has 1 rings (SSSR count). The van der Waals surface area contributed by atoms with Crippen LogP contribution in [0, 0.1) is 0 Å². The van der Waals surface area contributed by atoms with Crippen molar-refractivity contribution in [3.05, 3.63) is 29.0 Å². The standard InChI is InChI=1S/C38H62Br4O4/c1-3-5-7-9-11-13-15-17-19-21-23-25-27-29-45-37(43)31-32(34(40)36(42)35(41)33(31)39)38(44)46-30-28-26-24-22-20-18-16-14-12-10-8-6-4-2/h3-30H2,1-2H3. The van der Waals surface area contributed by atoms with E-state index in [1.807, 2.05) is 0 Å². The van der Waals surface area contributed by atoms with Crippen molar-refractivity contribution < 1.29 is 19.1 Å². The fourth-order valence-corrected chi connectivity index (χ4v) is 8.17. The number of benzene rings is 1. The van der Waals surface area contributed by atoms with E-state index in [2.05, 4.69) is 77.6 Å². The summed E-state index contributed by atoms with van der Waals surface area (Å²) < 4.78 is 13.5. The molecular weight excluding hydrogens is 840 g/mol. The molecule has 0 heterocycles. The zero-order valence-corrected chi connectivity index (χ0v) is 35.3. The highest BCUT2D eigenvalue weighted by molar-refractivity contribution is 9.15. The third-order valence-electron chi connectivity index (χ3n) is 8.64. The fourth-order valence-electron chi connectivity index (χ4n) is 5.73. The van der Waals surface area contributed by atoms with E-state index in [-0.39, 0.29) is 11.1 Å². The molecule has 8 heteroatoms. The van der Waals surface area contributed by atoms with Crippen LogP contribution >= 0.6 is 63.7 Å². The molecule has 0 bridgehead atoms. The molecule has 46 heavy (non-hydrogen) atoms. The van der Waals surface area contributed by atoms with Crippen LogP contribution in [-0.2, 0) is 9.47 Å². The average Bonchev–Trinajstić information content (AvgIpc) is 3.05. The van der Waals surface area contributed by atoms with Crippen LogP contribution in [0.1, 0.15) is 202 Å². The van der Waals surface area contributed by atoms with Crippen molar-refractivity contribution in [1.82, 2.24) is 0 Å². The van der Waals surface area contributed by atoms with Gasteiger partial charge >= 0.3 is 11.9 Å². The lowest BCUT2D eigenvalue weighted by Crippen LogP contribution is -2.17. The SMILES string of the molecule is CCCCCCCCCCCCCCCOC(=O)c1c(Br)c(Br)c(Br)c(Br)c1C(=O)OCCCCCCCCCCCCCCC. The summed E-state index contributed by atoms with van der Waals surface area (Å²) in [5, 5.41) is 0. The number of hydrogen-bond donors (Lipinski definition) is 0. The van der Waals surface area contributed by atoms with E-state index < -0.39 is 11.9 Å². The van der Waals surface area contributed by atoms with Gasteiger partial charge in [-0.2, -0.15) is 0 Å². The maximum absolute atomic E-state index is 13.2. The smallest absolute Gasteiger partial charge is 0.340 e. The van der Waals surface area contributed by atoms with E-state index in [1.54, 1.807) is 0 Å². The minimum atomic E-state index is -0.521. The van der Waals surface area contributed by atoms with E-state index in [0.29, 0.717) is 31.1 Å². The molecule has 0 saturated heterocycles. The van der Waals surface area contributed by atoms with Gasteiger partial charge in [-0.25, -0.2) is 9.59 Å². The number of unbranched alkanes of at least 4 members (excludes halogenated alkanes) is 24. The van der Waals surface area contributed by atoms with Crippen molar-refractivity contribution in [3.8, 4) is 0 Å². The minimum absolute atomic E-state index is 0.187. The monoisotopic (exact) mass is 898 g/mol. The van der Waals surface area contributed by atoms with Crippen LogP contribution in [0.3, 0.4) is 0 Å². The van der Waals surface area contributed by atoms with Gasteiger partial charge < -0.3 is 9.47 Å². The molecule has 0 fully saturated rings. The zero-order chi connectivity index (χ0) is 33.8. The Labute approximate surface area is 315 Å². The highest BCUT2D eigenvalue weighted by Crippen LogP contribution is 2.42. The topological polar surface area (TPSA) is 52.6 Å². The minimum Gasteiger partial charge on any atom is -0.462 e. The normalized spacial score (nSPS) is 11.3. The quantitative estimate of drug-likeness (QED) is 0.0334. The summed E-state index contributed by atoms with van der Waals surface area (Å²) in [5.41, 5.74) is 0.374. The van der Waals surface area contributed by atoms with Gasteiger partial charge in [0, 0.05) is 17.9 Å². The van der Waals surface area contributed by atoms with Crippen molar-refractivity contribution in [1.29, 1.82) is 0 Å². The first-order valence-electron chi connectivity index (χ1n) is 18.6. The third kappa shape index (κ3) is 19.9. The second-order valence-corrected chi connectivity index (χ2v) is 15.9. The molecule has 0 atom stereocenters. The maximum Gasteiger partial charge on any atom is 0.340 e. The van der Waals surface area contributed by atoms with E-state index in [4.69, 9.17) is 9.47 Å². The first-order valence-corrected chi connectivity index (χ1v) is 21.7. The molecule has 1 aromatic rings. The summed E-state index contributed by atoms with van der Waals surface area (Å²) in [6.45, 7) is 5.20. The lowest BCUT2D eigenvalue weighted by atomic mass is 10.0. The van der Waals surface area contributed by atoms with Crippen LogP contribution in [0.15, 0.2) is 17.9 Å². The van der Waals surface area contributed by atoms with Crippen LogP contribution in [0.5, 0.6) is 0 Å². The summed E-state index contributed by atoms with van der Waals surface area (Å²) in [6, 6.07) is 0. The molecule has 0 aliphatic carbocycles. The Hall–Kier alpha value is 0.0800. The van der Waals surface area contributed by atoms with Gasteiger partial charge in [-0.15, -0.1) is 0 Å². The number of carbonyl (C=O) groups excluding carboxylic acids is 2. The highest BCUT2D eigenvalue weighted by atomic mass is 79.9. The van der Waals surface area contributed by atoms with Gasteiger partial charge in [0.1, 0.15) is 0 Å². The maximum atomic E-state index is 13.2. The first kappa shape index (κ1) is 44.1. The lowest BCUT2D eigenvalue weighted by molar-refractivity contribution is 0.0448. The highest BCUT2D eigenvalue weighted by Gasteiger charge is 2.30. The molecule has 266 valence electrons. The van der Waals surface area contributed by atoms with Crippen molar-refractivity contribution in [2.24, 2.45) is 0 Å². The molecule has 0 N–H and O–H groups in total. The van der Waals surface area contributed by atoms with E-state index in [1.165, 1.54) is 128 Å². The summed E-state index contributed by atoms with van der Waals surface area (Å²) in [4.78, 5) is 26.4. The second kappa shape index (κ2) is 29.9. The molecule has 0 radical (unpaired) electrons. The summed E-state index contributed by atoms with van der Waals surface area (Å²) in [5.74, 6) is -1.04. The molecule has 0 aliphatic heterocycles. The second-order valence-electron chi connectivity index (χ2n) is 12.8. The molecule has 4 nitrogen and oxygen atoms in total. The predicted molar refractivity (Wildman–Crippen MR) is 209 cm³/mol. The van der Waals surface area contributed by atoms with Crippen molar-refractivity contribution in [2.75, 3.05) is 13.2 Å². The van der Waals surface area contributed by atoms with Crippen LogP contribution < -0.4 is 0 Å². The summed E-state index contributed by atoms with van der Waals surface area (Å²) in [7, 11) is 0. The average molecular weight is 903 g/mol. The Morgan fingerprint density at radius 3 is 0.826 bits per heavy atom. The van der Waals surface area contributed by atoms with Crippen LogP contribution in [0.25, 0.3) is 0 Å². The Morgan fingerprint density at radius 2 is 0.587 bits per heavy atom. The van der Waals surface area contributed by atoms with Gasteiger partial charge in [0.15, 0.2) is 0 Å². The Balaban J connectivity index is 2.35. The number of ether oxygens (including phenoxy) is 2.